The highest BCUT2D eigenvalue weighted by molar-refractivity contribution is 5.89. The summed E-state index contributed by atoms with van der Waals surface area (Å²) in [5, 5.41) is 31.6. The van der Waals surface area contributed by atoms with Crippen LogP contribution in [-0.4, -0.2) is 27.7 Å². The molecule has 1 atom stereocenters. The molecule has 0 aliphatic rings. The van der Waals surface area contributed by atoms with Crippen molar-refractivity contribution in [2.75, 3.05) is 6.61 Å². The van der Waals surface area contributed by atoms with Crippen LogP contribution in [0.4, 0.5) is 0 Å². The Labute approximate surface area is 313 Å². The van der Waals surface area contributed by atoms with Crippen LogP contribution in [0.3, 0.4) is 0 Å². The molecule has 7 N–H and O–H groups in total. The van der Waals surface area contributed by atoms with E-state index in [-0.39, 0.29) is 29.6 Å². The Balaban J connectivity index is 1.15. The molecule has 5 aromatic rings. The van der Waals surface area contributed by atoms with E-state index in [0.717, 1.165) is 64.6 Å². The fraction of sp³-hybridized carbons (Fsp3) is 0.283. The van der Waals surface area contributed by atoms with Crippen molar-refractivity contribution >= 4 is 5.78 Å². The van der Waals surface area contributed by atoms with Gasteiger partial charge in [0.25, 0.3) is 0 Å². The molecular formula is C46H52N2O5. The van der Waals surface area contributed by atoms with Gasteiger partial charge < -0.3 is 31.5 Å². The van der Waals surface area contributed by atoms with Crippen molar-refractivity contribution in [1.82, 2.24) is 0 Å². The molecule has 1 unspecified atom stereocenters. The predicted molar refractivity (Wildman–Crippen MR) is 213 cm³/mol. The number of ether oxygens (including phenoxy) is 1. The minimum Gasteiger partial charge on any atom is -0.508 e. The van der Waals surface area contributed by atoms with Gasteiger partial charge in [-0.3, -0.25) is 4.79 Å². The number of hydrogen-bond acceptors (Lipinski definition) is 7. The second kappa shape index (κ2) is 19.5. The minimum absolute atomic E-state index is 0.0313. The molecule has 0 fully saturated rings. The molecule has 53 heavy (non-hydrogen) atoms. The van der Waals surface area contributed by atoms with E-state index in [9.17, 15) is 20.1 Å². The Morgan fingerprint density at radius 3 is 2.21 bits per heavy atom. The zero-order chi connectivity index (χ0) is 37.6. The molecule has 0 spiro atoms. The number of nitrogens with two attached hydrogens (primary N) is 2. The van der Waals surface area contributed by atoms with Gasteiger partial charge in [-0.2, -0.15) is 0 Å². The van der Waals surface area contributed by atoms with Crippen molar-refractivity contribution in [3.63, 3.8) is 0 Å². The zero-order valence-corrected chi connectivity index (χ0v) is 30.6. The Bertz CT molecular complexity index is 1940. The van der Waals surface area contributed by atoms with E-state index in [0.29, 0.717) is 37.4 Å². The first-order chi connectivity index (χ1) is 25.7. The molecule has 5 rings (SSSR count). The second-order valence-corrected chi connectivity index (χ2v) is 13.9. The lowest BCUT2D eigenvalue weighted by atomic mass is 9.89. The molecule has 0 bridgehead atoms. The third kappa shape index (κ3) is 11.8. The molecule has 0 aliphatic heterocycles. The standard InChI is InChI=1S/C46H52N2O5/c1-32(12-13-33-9-5-3-6-10-33)8-4-2-7-11-39(49)23-16-35-17-26-43(52)44(31-35)53-29-28-37-22-27-42(51)41(45(37)36-20-24-40(50)25-21-36)30-34-14-18-38(19-15-34)46(47)48/h3,5-7,9-11,14-15,17-22,24-27,31-32,46,50-52H,2,4,8,12-13,16,23,28-30,47-48H2,1H3. The molecule has 5 aromatic carbocycles. The number of hydrogen-bond donors (Lipinski definition) is 5. The highest BCUT2D eigenvalue weighted by Gasteiger charge is 2.17. The maximum atomic E-state index is 12.6. The van der Waals surface area contributed by atoms with Gasteiger partial charge in [0.05, 0.1) is 12.8 Å². The number of aryl methyl sites for hydroxylation is 2. The SMILES string of the molecule is CC(CCCC=CC(=O)CCc1ccc(O)c(OCCc2ccc(O)c(Cc3ccc(C(N)N)cc3)c2-c2ccc(O)cc2)c1)CCc1ccccc1. The topological polar surface area (TPSA) is 139 Å². The summed E-state index contributed by atoms with van der Waals surface area (Å²) < 4.78 is 6.10. The summed E-state index contributed by atoms with van der Waals surface area (Å²) in [6.07, 6.45) is 10.4. The molecular weight excluding hydrogens is 661 g/mol. The van der Waals surface area contributed by atoms with Gasteiger partial charge in [0.2, 0.25) is 0 Å². The van der Waals surface area contributed by atoms with Crippen LogP contribution in [0.1, 0.15) is 78.6 Å². The summed E-state index contributed by atoms with van der Waals surface area (Å²) in [5.74, 6) is 1.44. The number of carbonyl (C=O) groups excluding carboxylic acids is 1. The van der Waals surface area contributed by atoms with Crippen LogP contribution in [-0.2, 0) is 30.5 Å². The van der Waals surface area contributed by atoms with E-state index in [4.69, 9.17) is 16.2 Å². The molecule has 7 heteroatoms. The first-order valence-corrected chi connectivity index (χ1v) is 18.6. The number of carbonyl (C=O) groups is 1. The van der Waals surface area contributed by atoms with Crippen LogP contribution < -0.4 is 16.2 Å². The third-order valence-electron chi connectivity index (χ3n) is 9.73. The smallest absolute Gasteiger partial charge is 0.161 e. The average molecular weight is 713 g/mol. The first kappa shape index (κ1) is 38.9. The highest BCUT2D eigenvalue weighted by atomic mass is 16.5. The van der Waals surface area contributed by atoms with Gasteiger partial charge in [-0.15, -0.1) is 0 Å². The van der Waals surface area contributed by atoms with Gasteiger partial charge in [0.15, 0.2) is 17.3 Å². The average Bonchev–Trinajstić information content (AvgIpc) is 3.16. The van der Waals surface area contributed by atoms with E-state index >= 15 is 0 Å². The molecule has 0 aromatic heterocycles. The lowest BCUT2D eigenvalue weighted by molar-refractivity contribution is -0.114. The van der Waals surface area contributed by atoms with Crippen molar-refractivity contribution in [1.29, 1.82) is 0 Å². The van der Waals surface area contributed by atoms with Gasteiger partial charge >= 0.3 is 0 Å². The van der Waals surface area contributed by atoms with E-state index in [2.05, 4.69) is 37.3 Å². The van der Waals surface area contributed by atoms with E-state index in [1.807, 2.05) is 54.6 Å². The number of phenols is 3. The highest BCUT2D eigenvalue weighted by Crippen LogP contribution is 2.37. The molecule has 0 heterocycles. The molecule has 7 nitrogen and oxygen atoms in total. The summed E-state index contributed by atoms with van der Waals surface area (Å²) in [6, 6.07) is 34.0. The fourth-order valence-corrected chi connectivity index (χ4v) is 6.57. The largest absolute Gasteiger partial charge is 0.508 e. The zero-order valence-electron chi connectivity index (χ0n) is 30.6. The van der Waals surface area contributed by atoms with E-state index in [1.54, 1.807) is 36.4 Å². The van der Waals surface area contributed by atoms with Crippen LogP contribution in [0.25, 0.3) is 11.1 Å². The van der Waals surface area contributed by atoms with Gasteiger partial charge in [-0.05, 0) is 113 Å². The molecule has 276 valence electrons. The Morgan fingerprint density at radius 2 is 1.47 bits per heavy atom. The van der Waals surface area contributed by atoms with Crippen LogP contribution >= 0.6 is 0 Å². The maximum absolute atomic E-state index is 12.6. The van der Waals surface area contributed by atoms with Crippen molar-refractivity contribution in [3.8, 4) is 34.1 Å². The number of unbranched alkanes of at least 4 members (excludes halogenated alkanes) is 1. The summed E-state index contributed by atoms with van der Waals surface area (Å²) >= 11 is 0. The second-order valence-electron chi connectivity index (χ2n) is 13.9. The van der Waals surface area contributed by atoms with E-state index in [1.165, 1.54) is 12.0 Å². The third-order valence-corrected chi connectivity index (χ3v) is 9.73. The van der Waals surface area contributed by atoms with Gasteiger partial charge in [-0.25, -0.2) is 0 Å². The molecule has 0 aliphatic carbocycles. The van der Waals surface area contributed by atoms with Gasteiger partial charge in [-0.1, -0.05) is 98.3 Å². The van der Waals surface area contributed by atoms with Crippen LogP contribution in [0.2, 0.25) is 0 Å². The van der Waals surface area contributed by atoms with Crippen LogP contribution in [0, 0.1) is 5.92 Å². The van der Waals surface area contributed by atoms with Crippen molar-refractivity contribution < 1.29 is 24.9 Å². The fourth-order valence-electron chi connectivity index (χ4n) is 6.57. The van der Waals surface area contributed by atoms with Gasteiger partial charge in [0.1, 0.15) is 11.5 Å². The number of allylic oxidation sites excluding steroid dienone is 2. The normalized spacial score (nSPS) is 12.0. The molecule has 0 amide bonds. The number of aromatic hydroxyl groups is 3. The van der Waals surface area contributed by atoms with Crippen molar-refractivity contribution in [2.24, 2.45) is 17.4 Å². The van der Waals surface area contributed by atoms with Crippen LogP contribution in [0.15, 0.2) is 121 Å². The minimum atomic E-state index is -0.567. The Kier molecular flexibility index (Phi) is 14.3. The van der Waals surface area contributed by atoms with E-state index < -0.39 is 6.17 Å². The monoisotopic (exact) mass is 712 g/mol. The molecule has 0 saturated carbocycles. The molecule has 0 radical (unpaired) electrons. The van der Waals surface area contributed by atoms with Crippen molar-refractivity contribution in [2.45, 2.75) is 70.9 Å². The number of benzene rings is 5. The Morgan fingerprint density at radius 1 is 0.755 bits per heavy atom. The quantitative estimate of drug-likeness (QED) is 0.0327. The summed E-state index contributed by atoms with van der Waals surface area (Å²) in [4.78, 5) is 12.6. The lowest BCUT2D eigenvalue weighted by Crippen LogP contribution is -2.19. The predicted octanol–water partition coefficient (Wildman–Crippen LogP) is 9.10. The maximum Gasteiger partial charge on any atom is 0.161 e. The van der Waals surface area contributed by atoms with Crippen LogP contribution in [0.5, 0.6) is 23.0 Å². The first-order valence-electron chi connectivity index (χ1n) is 18.6. The van der Waals surface area contributed by atoms with Crippen molar-refractivity contribution in [3.05, 3.63) is 155 Å². The number of ketones is 1. The lowest BCUT2D eigenvalue weighted by Gasteiger charge is -2.18. The Hall–Kier alpha value is -5.37. The van der Waals surface area contributed by atoms with Gasteiger partial charge in [0, 0.05) is 24.8 Å². The summed E-state index contributed by atoms with van der Waals surface area (Å²) in [7, 11) is 0. The number of rotatable bonds is 19. The molecule has 0 saturated heterocycles. The summed E-state index contributed by atoms with van der Waals surface area (Å²) in [6.45, 7) is 2.57. The summed E-state index contributed by atoms with van der Waals surface area (Å²) in [5.41, 5.74) is 19.1. The number of phenolic OH excluding ortho intramolecular Hbond substituents is 3.